The number of fused-ring (bicyclic) bond motifs is 3. The molecule has 1 aromatic carbocycles. The molecule has 3 fully saturated rings. The predicted molar refractivity (Wildman–Crippen MR) is 163 cm³/mol. The summed E-state index contributed by atoms with van der Waals surface area (Å²) in [5.41, 5.74) is 1.18. The van der Waals surface area contributed by atoms with Crippen molar-refractivity contribution in [2.75, 3.05) is 39.8 Å². The second-order valence-electron chi connectivity index (χ2n) is 12.9. The summed E-state index contributed by atoms with van der Waals surface area (Å²) in [7, 11) is 1.67. The summed E-state index contributed by atoms with van der Waals surface area (Å²) in [6.45, 7) is 8.00. The minimum absolute atomic E-state index is 0.0404. The number of ether oxygens (including phenoxy) is 1. The normalized spacial score (nSPS) is 31.1. The molecule has 2 bridgehead atoms. The van der Waals surface area contributed by atoms with Gasteiger partial charge in [0.1, 0.15) is 5.75 Å². The highest BCUT2D eigenvalue weighted by Crippen LogP contribution is 2.30. The van der Waals surface area contributed by atoms with E-state index in [0.29, 0.717) is 38.9 Å². The minimum Gasteiger partial charge on any atom is -0.497 e. The Hall–Kier alpha value is -2.73. The third-order valence-corrected chi connectivity index (χ3v) is 9.21. The zero-order chi connectivity index (χ0) is 30.9. The Bertz CT molecular complexity index is 1090. The molecule has 43 heavy (non-hydrogen) atoms. The second kappa shape index (κ2) is 15.8. The van der Waals surface area contributed by atoms with Crippen molar-refractivity contribution in [2.24, 2.45) is 11.8 Å². The molecule has 3 heterocycles. The van der Waals surface area contributed by atoms with Crippen LogP contribution in [0, 0.1) is 11.8 Å². The first-order valence-corrected chi connectivity index (χ1v) is 15.9. The van der Waals surface area contributed by atoms with Crippen LogP contribution in [0.3, 0.4) is 0 Å². The van der Waals surface area contributed by atoms with Gasteiger partial charge in [0, 0.05) is 51.2 Å². The SMILES string of the molecule is COc1cccc(CN2CC[C@H]3CC(=O)NCCC(O)CC(O)CC(=O)N[C@H]4C[C@H](C(=O)NCC[C@H]3C2)N(C(C)C)C4)c1. The van der Waals surface area contributed by atoms with Gasteiger partial charge in [0.2, 0.25) is 17.7 Å². The zero-order valence-corrected chi connectivity index (χ0v) is 26.0. The maximum absolute atomic E-state index is 13.4. The number of aliphatic hydroxyl groups excluding tert-OH is 2. The molecular formula is C32H51N5O6. The van der Waals surface area contributed by atoms with Crippen LogP contribution in [0.2, 0.25) is 0 Å². The molecule has 3 aliphatic rings. The fourth-order valence-corrected chi connectivity index (χ4v) is 6.92. The number of benzene rings is 1. The van der Waals surface area contributed by atoms with E-state index in [2.05, 4.69) is 37.9 Å². The number of likely N-dealkylation sites (tertiary alicyclic amines) is 2. The van der Waals surface area contributed by atoms with E-state index in [1.54, 1.807) is 7.11 Å². The summed E-state index contributed by atoms with van der Waals surface area (Å²) in [6.07, 6.45) is 1.01. The Labute approximate surface area is 255 Å². The Morgan fingerprint density at radius 3 is 2.49 bits per heavy atom. The van der Waals surface area contributed by atoms with Crippen molar-refractivity contribution in [3.8, 4) is 5.75 Å². The zero-order valence-electron chi connectivity index (χ0n) is 26.0. The van der Waals surface area contributed by atoms with Crippen molar-refractivity contribution in [1.82, 2.24) is 25.8 Å². The van der Waals surface area contributed by atoms with Crippen molar-refractivity contribution < 1.29 is 29.3 Å². The molecule has 11 nitrogen and oxygen atoms in total. The molecule has 6 atom stereocenters. The number of methoxy groups -OCH3 is 1. The molecule has 2 unspecified atom stereocenters. The van der Waals surface area contributed by atoms with E-state index in [1.165, 1.54) is 5.56 Å². The van der Waals surface area contributed by atoms with Crippen molar-refractivity contribution in [3.05, 3.63) is 29.8 Å². The van der Waals surface area contributed by atoms with Crippen LogP contribution in [-0.2, 0) is 20.9 Å². The van der Waals surface area contributed by atoms with Gasteiger partial charge in [-0.05, 0) is 82.0 Å². The summed E-state index contributed by atoms with van der Waals surface area (Å²) in [6, 6.07) is 7.69. The van der Waals surface area contributed by atoms with Crippen LogP contribution in [0.4, 0.5) is 0 Å². The lowest BCUT2D eigenvalue weighted by molar-refractivity contribution is -0.127. The Morgan fingerprint density at radius 1 is 0.930 bits per heavy atom. The second-order valence-corrected chi connectivity index (χ2v) is 12.9. The maximum atomic E-state index is 13.4. The van der Waals surface area contributed by atoms with Crippen molar-refractivity contribution in [3.63, 3.8) is 0 Å². The smallest absolute Gasteiger partial charge is 0.237 e. The van der Waals surface area contributed by atoms with Crippen molar-refractivity contribution >= 4 is 17.7 Å². The van der Waals surface area contributed by atoms with Gasteiger partial charge in [-0.3, -0.25) is 24.2 Å². The average Bonchev–Trinajstić information content (AvgIpc) is 3.38. The van der Waals surface area contributed by atoms with E-state index in [1.807, 2.05) is 26.0 Å². The number of hydrogen-bond donors (Lipinski definition) is 5. The largest absolute Gasteiger partial charge is 0.497 e. The molecule has 5 N–H and O–H groups in total. The number of hydrogen-bond acceptors (Lipinski definition) is 8. The number of carbonyl (C=O) groups excluding carboxylic acids is 3. The van der Waals surface area contributed by atoms with Gasteiger partial charge >= 0.3 is 0 Å². The Balaban J connectivity index is 1.45. The molecule has 4 rings (SSSR count). The number of nitrogens with zero attached hydrogens (tertiary/aromatic N) is 2. The number of aliphatic hydroxyl groups is 2. The molecule has 11 heteroatoms. The summed E-state index contributed by atoms with van der Waals surface area (Å²) in [5.74, 6) is 0.868. The van der Waals surface area contributed by atoms with E-state index in [9.17, 15) is 24.6 Å². The van der Waals surface area contributed by atoms with E-state index < -0.39 is 12.2 Å². The molecule has 0 spiro atoms. The van der Waals surface area contributed by atoms with Crippen LogP contribution >= 0.6 is 0 Å². The van der Waals surface area contributed by atoms with Gasteiger partial charge in [-0.15, -0.1) is 0 Å². The summed E-state index contributed by atoms with van der Waals surface area (Å²) >= 11 is 0. The van der Waals surface area contributed by atoms with Gasteiger partial charge in [-0.1, -0.05) is 12.1 Å². The van der Waals surface area contributed by atoms with E-state index >= 15 is 0 Å². The van der Waals surface area contributed by atoms with E-state index in [4.69, 9.17) is 4.74 Å². The predicted octanol–water partition coefficient (Wildman–Crippen LogP) is 1.02. The topological polar surface area (TPSA) is 143 Å². The fourth-order valence-electron chi connectivity index (χ4n) is 6.92. The molecule has 3 saturated heterocycles. The number of nitrogens with one attached hydrogen (secondary N) is 3. The third kappa shape index (κ3) is 9.89. The molecule has 3 amide bonds. The monoisotopic (exact) mass is 601 g/mol. The average molecular weight is 602 g/mol. The molecule has 240 valence electrons. The molecule has 0 radical (unpaired) electrons. The van der Waals surface area contributed by atoms with Gasteiger partial charge in [0.25, 0.3) is 0 Å². The van der Waals surface area contributed by atoms with E-state index in [-0.39, 0.29) is 60.5 Å². The number of amides is 3. The van der Waals surface area contributed by atoms with Crippen LogP contribution in [0.25, 0.3) is 0 Å². The van der Waals surface area contributed by atoms with Gasteiger partial charge in [-0.2, -0.15) is 0 Å². The van der Waals surface area contributed by atoms with Crippen LogP contribution in [-0.4, -0.2) is 108 Å². The first-order valence-electron chi connectivity index (χ1n) is 15.9. The first kappa shape index (κ1) is 33.2. The highest BCUT2D eigenvalue weighted by Gasteiger charge is 2.39. The Kier molecular flexibility index (Phi) is 12.2. The molecular weight excluding hydrogens is 550 g/mol. The molecule has 0 saturated carbocycles. The summed E-state index contributed by atoms with van der Waals surface area (Å²) in [5, 5.41) is 29.9. The standard InChI is InChI=1S/C32H51N5O6/c1-21(2)37-20-25-15-29(37)32(42)34-10-7-24-19-36(18-22-5-4-6-28(13-22)43-3)12-9-23(24)14-30(40)33-11-8-26(38)16-27(39)17-31(41)35-25/h4-6,13,21,23-27,29,38-39H,7-12,14-20H2,1-3H3,(H,33,40)(H,34,42)(H,35,41)/t23-,24-,25-,26?,27?,29+/m0/s1. The molecule has 1 aromatic rings. The molecule has 0 aliphatic carbocycles. The fraction of sp³-hybridized carbons (Fsp3) is 0.719. The lowest BCUT2D eigenvalue weighted by Gasteiger charge is -2.39. The van der Waals surface area contributed by atoms with E-state index in [0.717, 1.165) is 38.2 Å². The van der Waals surface area contributed by atoms with Crippen molar-refractivity contribution in [1.29, 1.82) is 0 Å². The number of rotatable bonds is 4. The highest BCUT2D eigenvalue weighted by atomic mass is 16.5. The summed E-state index contributed by atoms with van der Waals surface area (Å²) in [4.78, 5) is 43.5. The maximum Gasteiger partial charge on any atom is 0.237 e. The quantitative estimate of drug-likeness (QED) is 0.344. The van der Waals surface area contributed by atoms with Gasteiger partial charge < -0.3 is 30.9 Å². The third-order valence-electron chi connectivity index (χ3n) is 9.21. The van der Waals surface area contributed by atoms with Crippen LogP contribution in [0.5, 0.6) is 5.75 Å². The lowest BCUT2D eigenvalue weighted by Crippen LogP contribution is -2.47. The van der Waals surface area contributed by atoms with Crippen molar-refractivity contribution in [2.45, 2.75) is 95.7 Å². The first-order chi connectivity index (χ1) is 20.6. The number of carbonyl (C=O) groups is 3. The minimum atomic E-state index is -0.985. The molecule has 0 aromatic heterocycles. The lowest BCUT2D eigenvalue weighted by atomic mass is 9.80. The highest BCUT2D eigenvalue weighted by molar-refractivity contribution is 5.83. The van der Waals surface area contributed by atoms with Crippen LogP contribution in [0.1, 0.15) is 64.4 Å². The molecule has 3 aliphatic heterocycles. The summed E-state index contributed by atoms with van der Waals surface area (Å²) < 4.78 is 5.40. The van der Waals surface area contributed by atoms with Crippen LogP contribution < -0.4 is 20.7 Å². The van der Waals surface area contributed by atoms with Crippen LogP contribution in [0.15, 0.2) is 24.3 Å². The van der Waals surface area contributed by atoms with Gasteiger partial charge in [0.15, 0.2) is 0 Å². The number of piperidine rings is 1. The van der Waals surface area contributed by atoms with Gasteiger partial charge in [-0.25, -0.2) is 0 Å². The Morgan fingerprint density at radius 2 is 1.72 bits per heavy atom. The van der Waals surface area contributed by atoms with Gasteiger partial charge in [0.05, 0.1) is 31.8 Å².